The van der Waals surface area contributed by atoms with Crippen LogP contribution in [0.3, 0.4) is 0 Å². The van der Waals surface area contributed by atoms with E-state index in [2.05, 4.69) is 6.92 Å². The average Bonchev–Trinajstić information content (AvgIpc) is 2.39. The van der Waals surface area contributed by atoms with Crippen molar-refractivity contribution in [2.24, 2.45) is 11.8 Å². The van der Waals surface area contributed by atoms with Gasteiger partial charge < -0.3 is 5.11 Å². The molecule has 0 aliphatic heterocycles. The van der Waals surface area contributed by atoms with Crippen LogP contribution < -0.4 is 0 Å². The lowest BCUT2D eigenvalue weighted by Crippen LogP contribution is -2.21. The molecule has 0 unspecified atom stereocenters. The molecule has 1 aromatic rings. The predicted octanol–water partition coefficient (Wildman–Crippen LogP) is 4.98. The highest BCUT2D eigenvalue weighted by Crippen LogP contribution is 2.39. The van der Waals surface area contributed by atoms with Gasteiger partial charge in [-0.2, -0.15) is 0 Å². The predicted molar refractivity (Wildman–Crippen MR) is 76.8 cm³/mol. The molecule has 1 nitrogen and oxygen atoms in total. The van der Waals surface area contributed by atoms with Crippen LogP contribution in [0.5, 0.6) is 0 Å². The van der Waals surface area contributed by atoms with E-state index in [1.54, 1.807) is 0 Å². The van der Waals surface area contributed by atoms with E-state index in [0.29, 0.717) is 10.9 Å². The van der Waals surface area contributed by atoms with Crippen LogP contribution in [0.1, 0.15) is 57.1 Å². The first kappa shape index (κ1) is 13.9. The molecule has 0 bridgehead atoms. The number of hydrogen-bond acceptors (Lipinski definition) is 1. The van der Waals surface area contributed by atoms with E-state index in [-0.39, 0.29) is 6.10 Å². The summed E-state index contributed by atoms with van der Waals surface area (Å²) in [4.78, 5) is 0. The summed E-state index contributed by atoms with van der Waals surface area (Å²) in [6.45, 7) is 2.25. The molecule has 0 saturated heterocycles. The summed E-state index contributed by atoms with van der Waals surface area (Å²) in [5.41, 5.74) is 0.977. The smallest absolute Gasteiger partial charge is 0.0818 e. The van der Waals surface area contributed by atoms with Gasteiger partial charge >= 0.3 is 0 Å². The Morgan fingerprint density at radius 1 is 1.39 bits per heavy atom. The van der Waals surface area contributed by atoms with Crippen LogP contribution in [0.15, 0.2) is 24.3 Å². The van der Waals surface area contributed by atoms with Crippen molar-refractivity contribution < 1.29 is 5.11 Å². The summed E-state index contributed by atoms with van der Waals surface area (Å²) < 4.78 is 0. The zero-order chi connectivity index (χ0) is 13.0. The van der Waals surface area contributed by atoms with Crippen molar-refractivity contribution in [1.29, 1.82) is 0 Å². The molecule has 100 valence electrons. The normalized spacial score (nSPS) is 25.9. The Labute approximate surface area is 115 Å². The monoisotopic (exact) mass is 266 g/mol. The summed E-state index contributed by atoms with van der Waals surface area (Å²) >= 11 is 6.00. The summed E-state index contributed by atoms with van der Waals surface area (Å²) in [5.74, 6) is 1.22. The molecule has 1 aromatic carbocycles. The van der Waals surface area contributed by atoms with Crippen molar-refractivity contribution in [3.8, 4) is 0 Å². The molecule has 1 saturated carbocycles. The van der Waals surface area contributed by atoms with E-state index in [1.165, 1.54) is 32.1 Å². The van der Waals surface area contributed by atoms with Gasteiger partial charge in [0.1, 0.15) is 0 Å². The van der Waals surface area contributed by atoms with E-state index in [0.717, 1.165) is 17.9 Å². The van der Waals surface area contributed by atoms with Gasteiger partial charge in [-0.25, -0.2) is 0 Å². The number of aliphatic hydroxyl groups excluding tert-OH is 1. The van der Waals surface area contributed by atoms with E-state index in [4.69, 9.17) is 11.6 Å². The molecule has 18 heavy (non-hydrogen) atoms. The van der Waals surface area contributed by atoms with Crippen molar-refractivity contribution in [2.45, 2.75) is 51.6 Å². The third-order valence-corrected chi connectivity index (χ3v) is 4.39. The SMILES string of the molecule is CCC[C@@H]1CCC[C@@H]([C@H](O)c2cccc(Cl)c2)C1. The molecule has 0 aromatic heterocycles. The standard InChI is InChI=1S/C16H23ClO/c1-2-5-12-6-3-7-13(10-12)16(18)14-8-4-9-15(17)11-14/h4,8-9,11-13,16,18H,2-3,5-7,10H2,1H3/t12-,13-,16+/m1/s1. The molecule has 3 atom stereocenters. The molecular weight excluding hydrogens is 244 g/mol. The molecule has 1 aliphatic rings. The van der Waals surface area contributed by atoms with Crippen molar-refractivity contribution in [1.82, 2.24) is 0 Å². The Morgan fingerprint density at radius 2 is 2.22 bits per heavy atom. The molecule has 1 fully saturated rings. The van der Waals surface area contributed by atoms with Crippen LogP contribution in [0.2, 0.25) is 5.02 Å². The molecule has 1 aliphatic carbocycles. The summed E-state index contributed by atoms with van der Waals surface area (Å²) in [6.07, 6.45) is 7.13. The van der Waals surface area contributed by atoms with Gasteiger partial charge in [0.15, 0.2) is 0 Å². The fourth-order valence-corrected chi connectivity index (χ4v) is 3.45. The van der Waals surface area contributed by atoms with Crippen LogP contribution in [0, 0.1) is 11.8 Å². The molecule has 0 spiro atoms. The molecule has 0 heterocycles. The highest BCUT2D eigenvalue weighted by molar-refractivity contribution is 6.30. The number of aliphatic hydroxyl groups is 1. The Balaban J connectivity index is 2.02. The van der Waals surface area contributed by atoms with Crippen LogP contribution in [-0.4, -0.2) is 5.11 Å². The quantitative estimate of drug-likeness (QED) is 0.815. The zero-order valence-electron chi connectivity index (χ0n) is 11.1. The molecule has 0 radical (unpaired) electrons. The maximum Gasteiger partial charge on any atom is 0.0818 e. The van der Waals surface area contributed by atoms with Crippen LogP contribution in [0.25, 0.3) is 0 Å². The minimum absolute atomic E-state index is 0.344. The topological polar surface area (TPSA) is 20.2 Å². The molecule has 1 N–H and O–H groups in total. The summed E-state index contributed by atoms with van der Waals surface area (Å²) in [5, 5.41) is 11.2. The average molecular weight is 267 g/mol. The van der Waals surface area contributed by atoms with Gasteiger partial charge in [0, 0.05) is 5.02 Å². The number of rotatable bonds is 4. The van der Waals surface area contributed by atoms with Crippen molar-refractivity contribution >= 4 is 11.6 Å². The summed E-state index contributed by atoms with van der Waals surface area (Å²) in [7, 11) is 0. The first-order valence-electron chi connectivity index (χ1n) is 7.14. The van der Waals surface area contributed by atoms with Gasteiger partial charge in [0.2, 0.25) is 0 Å². The molecular formula is C16H23ClO. The zero-order valence-corrected chi connectivity index (χ0v) is 11.9. The molecule has 2 rings (SSSR count). The van der Waals surface area contributed by atoms with Gasteiger partial charge in [-0.1, -0.05) is 56.3 Å². The van der Waals surface area contributed by atoms with Crippen molar-refractivity contribution in [2.75, 3.05) is 0 Å². The molecule has 2 heteroatoms. The Bertz CT molecular complexity index is 375. The fourth-order valence-electron chi connectivity index (χ4n) is 3.25. The highest BCUT2D eigenvalue weighted by Gasteiger charge is 2.27. The third kappa shape index (κ3) is 3.49. The van der Waals surface area contributed by atoms with E-state index < -0.39 is 0 Å². The lowest BCUT2D eigenvalue weighted by molar-refractivity contribution is 0.0668. The van der Waals surface area contributed by atoms with Gasteiger partial charge in [-0.15, -0.1) is 0 Å². The number of halogens is 1. The minimum Gasteiger partial charge on any atom is -0.388 e. The van der Waals surface area contributed by atoms with Crippen molar-refractivity contribution in [3.05, 3.63) is 34.9 Å². The number of benzene rings is 1. The van der Waals surface area contributed by atoms with E-state index >= 15 is 0 Å². The second-order valence-electron chi connectivity index (χ2n) is 5.58. The van der Waals surface area contributed by atoms with Crippen LogP contribution in [0.4, 0.5) is 0 Å². The van der Waals surface area contributed by atoms with Gasteiger partial charge in [0.25, 0.3) is 0 Å². The largest absolute Gasteiger partial charge is 0.388 e. The third-order valence-electron chi connectivity index (χ3n) is 4.16. The summed E-state index contributed by atoms with van der Waals surface area (Å²) in [6, 6.07) is 7.67. The van der Waals surface area contributed by atoms with E-state index in [9.17, 15) is 5.11 Å². The Kier molecular flexibility index (Phi) is 5.08. The van der Waals surface area contributed by atoms with Crippen LogP contribution >= 0.6 is 11.6 Å². The van der Waals surface area contributed by atoms with Crippen molar-refractivity contribution in [3.63, 3.8) is 0 Å². The highest BCUT2D eigenvalue weighted by atomic mass is 35.5. The van der Waals surface area contributed by atoms with Gasteiger partial charge in [0.05, 0.1) is 6.10 Å². The fraction of sp³-hybridized carbons (Fsp3) is 0.625. The Morgan fingerprint density at radius 3 is 2.94 bits per heavy atom. The molecule has 0 amide bonds. The van der Waals surface area contributed by atoms with Gasteiger partial charge in [-0.3, -0.25) is 0 Å². The maximum absolute atomic E-state index is 10.5. The van der Waals surface area contributed by atoms with Crippen LogP contribution in [-0.2, 0) is 0 Å². The van der Waals surface area contributed by atoms with E-state index in [1.807, 2.05) is 24.3 Å². The number of hydrogen-bond donors (Lipinski definition) is 1. The minimum atomic E-state index is -0.344. The maximum atomic E-state index is 10.5. The first-order chi connectivity index (χ1) is 8.70. The second-order valence-corrected chi connectivity index (χ2v) is 6.02. The first-order valence-corrected chi connectivity index (χ1v) is 7.52. The lowest BCUT2D eigenvalue weighted by Gasteiger charge is -2.32. The second kappa shape index (κ2) is 6.58. The van der Waals surface area contributed by atoms with Gasteiger partial charge in [-0.05, 0) is 42.4 Å². The lowest BCUT2D eigenvalue weighted by atomic mass is 9.76. The Hall–Kier alpha value is -0.530.